The predicted octanol–water partition coefficient (Wildman–Crippen LogP) is 4.51. The van der Waals surface area contributed by atoms with Crippen LogP contribution in [0.3, 0.4) is 0 Å². The molecule has 1 amide bonds. The molecule has 2 heterocycles. The van der Waals surface area contributed by atoms with Crippen molar-refractivity contribution in [3.05, 3.63) is 63.9 Å². The number of carbonyl (C=O) groups is 2. The van der Waals surface area contributed by atoms with E-state index in [1.807, 2.05) is 39.9 Å². The second-order valence-corrected chi connectivity index (χ2v) is 13.9. The van der Waals surface area contributed by atoms with E-state index in [0.29, 0.717) is 31.4 Å². The summed E-state index contributed by atoms with van der Waals surface area (Å²) in [7, 11) is -3.04. The van der Waals surface area contributed by atoms with Crippen LogP contribution in [-0.2, 0) is 34.0 Å². The number of benzene rings is 1. The first-order chi connectivity index (χ1) is 19.5. The number of nitrogens with zero attached hydrogens (tertiary/aromatic N) is 7. The van der Waals surface area contributed by atoms with Gasteiger partial charge in [0.2, 0.25) is 0 Å². The van der Waals surface area contributed by atoms with Gasteiger partial charge < -0.3 is 14.2 Å². The number of sulfone groups is 1. The summed E-state index contributed by atoms with van der Waals surface area (Å²) < 4.78 is 31.8. The first kappa shape index (κ1) is 28.7. The lowest BCUT2D eigenvalue weighted by atomic mass is 9.91. The highest BCUT2D eigenvalue weighted by Crippen LogP contribution is 2.36. The SMILES string of the molecule is CC(C)(CN=[N+]=[N-])OC(=O)n1cc2c(n1)CCC(N(C(=O)c1cccc3c1ccn3CCCS(C)(=O)=O)C1CC1)C2. The Kier molecular flexibility index (Phi) is 7.85. The number of hydrogen-bond donors (Lipinski definition) is 0. The Morgan fingerprint density at radius 2 is 2.00 bits per heavy atom. The Morgan fingerprint density at radius 1 is 1.22 bits per heavy atom. The summed E-state index contributed by atoms with van der Waals surface area (Å²) in [5.74, 6) is 0.110. The molecule has 2 aromatic heterocycles. The van der Waals surface area contributed by atoms with Crippen LogP contribution in [-0.4, -0.2) is 75.9 Å². The highest BCUT2D eigenvalue weighted by molar-refractivity contribution is 7.90. The number of amides is 1. The van der Waals surface area contributed by atoms with E-state index < -0.39 is 21.5 Å². The number of aryl methyl sites for hydroxylation is 2. The molecule has 13 heteroatoms. The molecule has 1 unspecified atom stereocenters. The quantitative estimate of drug-likeness (QED) is 0.195. The third-order valence-corrected chi connectivity index (χ3v) is 8.67. The van der Waals surface area contributed by atoms with Crippen LogP contribution in [0.25, 0.3) is 21.3 Å². The average molecular weight is 582 g/mol. The number of fused-ring (bicyclic) bond motifs is 2. The standard InChI is InChI=1S/C28H35N7O5S/c1-28(2,18-30-32-29)40-27(37)34-17-19-16-21(10-11-24(19)31-34)35(20-8-9-20)26(36)23-6-4-7-25-22(23)12-14-33(25)13-5-15-41(3,38)39/h4,6-7,12,14,17,20-21H,5,8-11,13,15-16,18H2,1-3H3. The third-order valence-electron chi connectivity index (χ3n) is 7.64. The molecule has 41 heavy (non-hydrogen) atoms. The van der Waals surface area contributed by atoms with Crippen molar-refractivity contribution < 1.29 is 22.7 Å². The smallest absolute Gasteiger partial charge is 0.435 e. The van der Waals surface area contributed by atoms with E-state index in [9.17, 15) is 18.0 Å². The van der Waals surface area contributed by atoms with Crippen LogP contribution in [0.4, 0.5) is 4.79 Å². The van der Waals surface area contributed by atoms with Crippen LogP contribution >= 0.6 is 0 Å². The van der Waals surface area contributed by atoms with Crippen molar-refractivity contribution in [1.82, 2.24) is 19.2 Å². The molecule has 0 N–H and O–H groups in total. The number of hydrogen-bond acceptors (Lipinski definition) is 7. The fourth-order valence-electron chi connectivity index (χ4n) is 5.56. The predicted molar refractivity (Wildman–Crippen MR) is 153 cm³/mol. The molecule has 2 aliphatic carbocycles. The molecule has 1 atom stereocenters. The van der Waals surface area contributed by atoms with E-state index in [-0.39, 0.29) is 30.3 Å². The molecule has 5 rings (SSSR count). The zero-order valence-electron chi connectivity index (χ0n) is 23.6. The minimum Gasteiger partial charge on any atom is -0.442 e. The molecule has 0 aliphatic heterocycles. The number of ether oxygens (including phenoxy) is 1. The van der Waals surface area contributed by atoms with Gasteiger partial charge in [-0.1, -0.05) is 11.2 Å². The van der Waals surface area contributed by atoms with Crippen LogP contribution in [0, 0.1) is 0 Å². The van der Waals surface area contributed by atoms with Gasteiger partial charge in [-0.3, -0.25) is 4.79 Å². The van der Waals surface area contributed by atoms with Crippen molar-refractivity contribution in [2.75, 3.05) is 18.6 Å². The molecule has 1 fully saturated rings. The van der Waals surface area contributed by atoms with Gasteiger partial charge in [-0.25, -0.2) is 13.2 Å². The normalized spacial score (nSPS) is 17.1. The van der Waals surface area contributed by atoms with Gasteiger partial charge in [0.1, 0.15) is 15.4 Å². The third kappa shape index (κ3) is 6.57. The topological polar surface area (TPSA) is 152 Å². The molecule has 218 valence electrons. The Balaban J connectivity index is 1.33. The molecule has 2 aliphatic rings. The highest BCUT2D eigenvalue weighted by Gasteiger charge is 2.40. The maximum absolute atomic E-state index is 14.1. The lowest BCUT2D eigenvalue weighted by Crippen LogP contribution is -2.44. The largest absolute Gasteiger partial charge is 0.442 e. The van der Waals surface area contributed by atoms with Gasteiger partial charge in [0.05, 0.1) is 18.0 Å². The molecule has 0 saturated heterocycles. The minimum atomic E-state index is -3.04. The van der Waals surface area contributed by atoms with Crippen molar-refractivity contribution in [3.63, 3.8) is 0 Å². The Morgan fingerprint density at radius 3 is 2.71 bits per heavy atom. The summed E-state index contributed by atoms with van der Waals surface area (Å²) in [4.78, 5) is 31.6. The monoisotopic (exact) mass is 581 g/mol. The van der Waals surface area contributed by atoms with Gasteiger partial charge in [0.25, 0.3) is 5.91 Å². The summed E-state index contributed by atoms with van der Waals surface area (Å²) in [5, 5.41) is 8.81. The maximum atomic E-state index is 14.1. The van der Waals surface area contributed by atoms with Crippen LogP contribution in [0.1, 0.15) is 61.1 Å². The maximum Gasteiger partial charge on any atom is 0.435 e. The van der Waals surface area contributed by atoms with E-state index in [1.54, 1.807) is 20.0 Å². The Bertz CT molecular complexity index is 1630. The van der Waals surface area contributed by atoms with Crippen LogP contribution in [0.15, 0.2) is 41.8 Å². The summed E-state index contributed by atoms with van der Waals surface area (Å²) in [6.45, 7) is 3.90. The first-order valence-corrected chi connectivity index (χ1v) is 15.9. The molecule has 12 nitrogen and oxygen atoms in total. The van der Waals surface area contributed by atoms with Crippen molar-refractivity contribution in [2.45, 2.75) is 76.6 Å². The van der Waals surface area contributed by atoms with Crippen molar-refractivity contribution in [1.29, 1.82) is 0 Å². The molecular weight excluding hydrogens is 546 g/mol. The average Bonchev–Trinajstić information content (AvgIpc) is 3.50. The summed E-state index contributed by atoms with van der Waals surface area (Å²) >= 11 is 0. The molecule has 0 radical (unpaired) electrons. The highest BCUT2D eigenvalue weighted by atomic mass is 32.2. The van der Waals surface area contributed by atoms with Gasteiger partial charge in [0.15, 0.2) is 0 Å². The van der Waals surface area contributed by atoms with Gasteiger partial charge >= 0.3 is 6.09 Å². The molecule has 0 spiro atoms. The summed E-state index contributed by atoms with van der Waals surface area (Å²) in [6, 6.07) is 7.80. The van der Waals surface area contributed by atoms with Gasteiger partial charge in [-0.2, -0.15) is 9.78 Å². The fraction of sp³-hybridized carbons (Fsp3) is 0.536. The lowest BCUT2D eigenvalue weighted by Gasteiger charge is -2.34. The van der Waals surface area contributed by atoms with Gasteiger partial charge in [0, 0.05) is 58.7 Å². The van der Waals surface area contributed by atoms with E-state index in [0.717, 1.165) is 41.4 Å². The van der Waals surface area contributed by atoms with Crippen LogP contribution < -0.4 is 0 Å². The van der Waals surface area contributed by atoms with E-state index in [2.05, 4.69) is 15.1 Å². The van der Waals surface area contributed by atoms with Gasteiger partial charge in [-0.15, -0.1) is 0 Å². The molecule has 3 aromatic rings. The van der Waals surface area contributed by atoms with Gasteiger partial charge in [-0.05, 0) is 81.7 Å². The number of azide groups is 1. The number of rotatable bonds is 10. The van der Waals surface area contributed by atoms with E-state index in [1.165, 1.54) is 10.9 Å². The molecule has 1 saturated carbocycles. The lowest BCUT2D eigenvalue weighted by molar-refractivity contribution is 0.0441. The van der Waals surface area contributed by atoms with E-state index >= 15 is 0 Å². The Labute approximate surface area is 238 Å². The van der Waals surface area contributed by atoms with Crippen LogP contribution in [0.2, 0.25) is 0 Å². The zero-order chi connectivity index (χ0) is 29.4. The number of aromatic nitrogens is 3. The summed E-state index contributed by atoms with van der Waals surface area (Å²) in [5.41, 5.74) is 10.9. The zero-order valence-corrected chi connectivity index (χ0v) is 24.4. The summed E-state index contributed by atoms with van der Waals surface area (Å²) in [6.07, 6.45) is 8.60. The Hall–Kier alpha value is -3.83. The van der Waals surface area contributed by atoms with Crippen LogP contribution in [0.5, 0.6) is 0 Å². The molecule has 1 aromatic carbocycles. The molecule has 0 bridgehead atoms. The van der Waals surface area contributed by atoms with Crippen molar-refractivity contribution >= 4 is 32.7 Å². The van der Waals surface area contributed by atoms with E-state index in [4.69, 9.17) is 10.3 Å². The molecular formula is C28H35N7O5S. The minimum absolute atomic E-state index is 0.00738. The second-order valence-electron chi connectivity index (χ2n) is 11.6. The van der Waals surface area contributed by atoms with Crippen molar-refractivity contribution in [3.8, 4) is 0 Å². The van der Waals surface area contributed by atoms with Crippen molar-refractivity contribution in [2.24, 2.45) is 5.11 Å². The first-order valence-electron chi connectivity index (χ1n) is 13.9. The number of carbonyl (C=O) groups excluding carboxylic acids is 2. The fourth-order valence-corrected chi connectivity index (χ4v) is 6.21. The second kappa shape index (κ2) is 11.2.